The van der Waals surface area contributed by atoms with Crippen LogP contribution in [-0.4, -0.2) is 23.8 Å². The van der Waals surface area contributed by atoms with Gasteiger partial charge in [-0.3, -0.25) is 19.7 Å². The topological polar surface area (TPSA) is 75.3 Å². The number of amides is 3. The number of carbonyl (C=O) groups is 3. The van der Waals surface area contributed by atoms with E-state index in [0.717, 1.165) is 0 Å². The lowest BCUT2D eigenvalue weighted by molar-refractivity contribution is -0.164. The number of hydrogen-bond donors (Lipinski definition) is 2. The Kier molecular flexibility index (Phi) is 3.23. The maximum atomic E-state index is 12.5. The van der Waals surface area contributed by atoms with Crippen molar-refractivity contribution in [2.45, 2.75) is 59.9 Å². The lowest BCUT2D eigenvalue weighted by Gasteiger charge is -2.53. The molecular weight excluding hydrogens is 256 g/mol. The largest absolute Gasteiger partial charge is 0.353 e. The van der Waals surface area contributed by atoms with E-state index in [1.165, 1.54) is 0 Å². The lowest BCUT2D eigenvalue weighted by Crippen LogP contribution is -2.63. The number of hydrogen-bond acceptors (Lipinski definition) is 3. The second-order valence-corrected chi connectivity index (χ2v) is 7.62. The van der Waals surface area contributed by atoms with E-state index in [1.807, 2.05) is 34.6 Å². The van der Waals surface area contributed by atoms with E-state index in [2.05, 4.69) is 10.6 Å². The van der Waals surface area contributed by atoms with Crippen LogP contribution < -0.4 is 10.6 Å². The number of carbonyl (C=O) groups excluding carboxylic acids is 3. The van der Waals surface area contributed by atoms with E-state index in [9.17, 15) is 14.4 Å². The third kappa shape index (κ3) is 2.23. The van der Waals surface area contributed by atoms with Crippen molar-refractivity contribution in [1.29, 1.82) is 0 Å². The first-order valence-corrected chi connectivity index (χ1v) is 7.18. The molecule has 1 saturated heterocycles. The molecule has 2 aliphatic rings. The van der Waals surface area contributed by atoms with Gasteiger partial charge in [-0.15, -0.1) is 0 Å². The molecule has 2 rings (SSSR count). The minimum absolute atomic E-state index is 0.0474. The zero-order chi connectivity index (χ0) is 15.3. The van der Waals surface area contributed by atoms with Crippen LogP contribution in [0, 0.1) is 16.2 Å². The highest BCUT2D eigenvalue weighted by Crippen LogP contribution is 2.56. The molecule has 2 bridgehead atoms. The molecule has 1 heterocycles. The highest BCUT2D eigenvalue weighted by atomic mass is 16.2. The van der Waals surface area contributed by atoms with E-state index in [4.69, 9.17) is 0 Å². The van der Waals surface area contributed by atoms with Gasteiger partial charge in [-0.05, 0) is 33.1 Å². The molecule has 1 aliphatic carbocycles. The first kappa shape index (κ1) is 15.0. The average Bonchev–Trinajstić information content (AvgIpc) is 2.24. The van der Waals surface area contributed by atoms with Crippen molar-refractivity contribution < 1.29 is 14.4 Å². The van der Waals surface area contributed by atoms with Crippen LogP contribution in [-0.2, 0) is 14.4 Å². The van der Waals surface area contributed by atoms with Gasteiger partial charge in [-0.2, -0.15) is 0 Å². The Labute approximate surface area is 119 Å². The monoisotopic (exact) mass is 280 g/mol. The first-order valence-electron chi connectivity index (χ1n) is 7.18. The summed E-state index contributed by atoms with van der Waals surface area (Å²) in [5.74, 6) is -0.557. The summed E-state index contributed by atoms with van der Waals surface area (Å²) in [6, 6.07) is 0.0474. The van der Waals surface area contributed by atoms with E-state index < -0.39 is 16.2 Å². The quantitative estimate of drug-likeness (QED) is 0.750. The van der Waals surface area contributed by atoms with Gasteiger partial charge >= 0.3 is 0 Å². The Hall–Kier alpha value is -1.39. The normalized spacial score (nSPS) is 40.5. The molecule has 0 aromatic carbocycles. The second kappa shape index (κ2) is 4.30. The van der Waals surface area contributed by atoms with Crippen molar-refractivity contribution in [3.8, 4) is 0 Å². The number of nitrogens with one attached hydrogen (secondary N) is 2. The second-order valence-electron chi connectivity index (χ2n) is 7.62. The summed E-state index contributed by atoms with van der Waals surface area (Å²) in [5, 5.41) is 5.39. The van der Waals surface area contributed by atoms with Crippen molar-refractivity contribution in [1.82, 2.24) is 10.6 Å². The van der Waals surface area contributed by atoms with E-state index >= 15 is 0 Å². The van der Waals surface area contributed by atoms with Crippen LogP contribution in [0.1, 0.15) is 53.9 Å². The van der Waals surface area contributed by atoms with Crippen molar-refractivity contribution in [2.24, 2.45) is 16.2 Å². The molecule has 20 heavy (non-hydrogen) atoms. The molecule has 2 atom stereocenters. The fourth-order valence-corrected chi connectivity index (χ4v) is 4.09. The number of rotatable bonds is 2. The van der Waals surface area contributed by atoms with Gasteiger partial charge in [0.15, 0.2) is 0 Å². The Balaban J connectivity index is 2.37. The van der Waals surface area contributed by atoms with Gasteiger partial charge in [-0.25, -0.2) is 0 Å². The third-order valence-corrected chi connectivity index (χ3v) is 4.63. The average molecular weight is 280 g/mol. The van der Waals surface area contributed by atoms with Gasteiger partial charge < -0.3 is 5.32 Å². The highest BCUT2D eigenvalue weighted by Gasteiger charge is 2.60. The molecular formula is C15H24N2O3. The van der Waals surface area contributed by atoms with Gasteiger partial charge in [0.1, 0.15) is 0 Å². The molecule has 5 heteroatoms. The van der Waals surface area contributed by atoms with Crippen molar-refractivity contribution >= 4 is 17.7 Å². The van der Waals surface area contributed by atoms with Gasteiger partial charge in [-0.1, -0.05) is 20.8 Å². The Bertz CT molecular complexity index is 458. The van der Waals surface area contributed by atoms with Crippen LogP contribution in [0.2, 0.25) is 0 Å². The highest BCUT2D eigenvalue weighted by molar-refractivity contribution is 6.04. The van der Waals surface area contributed by atoms with Crippen LogP contribution >= 0.6 is 0 Å². The molecule has 1 aliphatic heterocycles. The molecule has 5 nitrogen and oxygen atoms in total. The first-order chi connectivity index (χ1) is 9.01. The summed E-state index contributed by atoms with van der Waals surface area (Å²) in [6.07, 6.45) is 1.48. The Morgan fingerprint density at radius 1 is 1.05 bits per heavy atom. The standard InChI is InChI=1S/C15H24N2O3/c1-9(2)16-10(18)13(3)6-14(4)8-15(5,7-13)12(20)17-11(14)19/h9H,6-8H2,1-5H3,(H,16,18)(H,17,19,20). The molecule has 2 unspecified atom stereocenters. The smallest absolute Gasteiger partial charge is 0.232 e. The number of fused-ring (bicyclic) bond motifs is 2. The van der Waals surface area contributed by atoms with Crippen LogP contribution in [0.5, 0.6) is 0 Å². The zero-order valence-corrected chi connectivity index (χ0v) is 12.9. The predicted molar refractivity (Wildman–Crippen MR) is 74.6 cm³/mol. The Morgan fingerprint density at radius 3 is 1.90 bits per heavy atom. The van der Waals surface area contributed by atoms with Gasteiger partial charge in [0, 0.05) is 22.3 Å². The molecule has 1 saturated carbocycles. The van der Waals surface area contributed by atoms with E-state index in [1.54, 1.807) is 0 Å². The summed E-state index contributed by atoms with van der Waals surface area (Å²) in [5.41, 5.74) is -1.98. The van der Waals surface area contributed by atoms with Crippen LogP contribution in [0.4, 0.5) is 0 Å². The van der Waals surface area contributed by atoms with Gasteiger partial charge in [0.25, 0.3) is 0 Å². The molecule has 112 valence electrons. The van der Waals surface area contributed by atoms with Crippen LogP contribution in [0.3, 0.4) is 0 Å². The molecule has 3 amide bonds. The number of imide groups is 1. The summed E-state index contributed by atoms with van der Waals surface area (Å²) < 4.78 is 0. The van der Waals surface area contributed by atoms with Crippen molar-refractivity contribution in [3.05, 3.63) is 0 Å². The lowest BCUT2D eigenvalue weighted by atomic mass is 9.52. The summed E-state index contributed by atoms with van der Waals surface area (Å²) in [7, 11) is 0. The SMILES string of the molecule is CC(C)NC(=O)C1(C)CC2(C)CC(C)(C1)C(=O)NC2=O. The fourth-order valence-electron chi connectivity index (χ4n) is 4.09. The molecule has 0 radical (unpaired) electrons. The van der Waals surface area contributed by atoms with Gasteiger partial charge in [0.05, 0.1) is 0 Å². The molecule has 2 N–H and O–H groups in total. The maximum Gasteiger partial charge on any atom is 0.232 e. The minimum atomic E-state index is -0.681. The third-order valence-electron chi connectivity index (χ3n) is 4.63. The predicted octanol–water partition coefficient (Wildman–Crippen LogP) is 1.37. The maximum absolute atomic E-state index is 12.5. The van der Waals surface area contributed by atoms with Crippen LogP contribution in [0.15, 0.2) is 0 Å². The summed E-state index contributed by atoms with van der Waals surface area (Å²) in [4.78, 5) is 36.8. The zero-order valence-electron chi connectivity index (χ0n) is 12.9. The molecule has 0 spiro atoms. The fraction of sp³-hybridized carbons (Fsp3) is 0.800. The van der Waals surface area contributed by atoms with Crippen LogP contribution in [0.25, 0.3) is 0 Å². The van der Waals surface area contributed by atoms with Crippen molar-refractivity contribution in [2.75, 3.05) is 0 Å². The van der Waals surface area contributed by atoms with Gasteiger partial charge in [0.2, 0.25) is 17.7 Å². The van der Waals surface area contributed by atoms with E-state index in [-0.39, 0.29) is 23.8 Å². The summed E-state index contributed by atoms with van der Waals surface area (Å²) >= 11 is 0. The molecule has 0 aromatic heterocycles. The number of piperidine rings is 1. The minimum Gasteiger partial charge on any atom is -0.353 e. The summed E-state index contributed by atoms with van der Waals surface area (Å²) in [6.45, 7) is 9.39. The molecule has 0 aromatic rings. The Morgan fingerprint density at radius 2 is 1.50 bits per heavy atom. The van der Waals surface area contributed by atoms with Crippen molar-refractivity contribution in [3.63, 3.8) is 0 Å². The molecule has 2 fully saturated rings. The van der Waals surface area contributed by atoms with E-state index in [0.29, 0.717) is 19.3 Å².